The van der Waals surface area contributed by atoms with Crippen molar-refractivity contribution in [3.05, 3.63) is 70.8 Å². The SMILES string of the molecule is CC[C@@H](C)[C@@H]1C(=O)N[C@H](C2Cc3ccccc3C2)C(=O)N1[C@@H](C(=O)NC(C)(C)C)c1ccc(F)cc1F. The largest absolute Gasteiger partial charge is 0.349 e. The minimum atomic E-state index is -1.44. The zero-order valence-electron chi connectivity index (χ0n) is 22.0. The highest BCUT2D eigenvalue weighted by Crippen LogP contribution is 2.37. The molecule has 3 amide bonds. The van der Waals surface area contributed by atoms with Crippen LogP contribution in [0.15, 0.2) is 42.5 Å². The van der Waals surface area contributed by atoms with Crippen molar-refractivity contribution >= 4 is 17.7 Å². The van der Waals surface area contributed by atoms with Gasteiger partial charge in [-0.25, -0.2) is 8.78 Å². The maximum absolute atomic E-state index is 15.2. The van der Waals surface area contributed by atoms with E-state index < -0.39 is 47.1 Å². The predicted octanol–water partition coefficient (Wildman–Crippen LogP) is 4.08. The number of nitrogens with zero attached hydrogens (tertiary/aromatic N) is 1. The first kappa shape index (κ1) is 26.8. The third-order valence-corrected chi connectivity index (χ3v) is 7.41. The molecule has 0 aromatic heterocycles. The quantitative estimate of drug-likeness (QED) is 0.614. The van der Waals surface area contributed by atoms with Crippen LogP contribution >= 0.6 is 0 Å². The summed E-state index contributed by atoms with van der Waals surface area (Å²) in [6, 6.07) is 7.56. The summed E-state index contributed by atoms with van der Waals surface area (Å²) in [5.74, 6) is -3.66. The van der Waals surface area contributed by atoms with Crippen LogP contribution in [0.2, 0.25) is 0 Å². The second-order valence-corrected chi connectivity index (χ2v) is 11.3. The van der Waals surface area contributed by atoms with E-state index in [-0.39, 0.29) is 23.3 Å². The highest BCUT2D eigenvalue weighted by Gasteiger charge is 2.51. The molecule has 2 N–H and O–H groups in total. The third kappa shape index (κ3) is 5.38. The van der Waals surface area contributed by atoms with Crippen LogP contribution in [0, 0.1) is 23.5 Å². The molecule has 2 aromatic carbocycles. The van der Waals surface area contributed by atoms with Crippen molar-refractivity contribution < 1.29 is 23.2 Å². The van der Waals surface area contributed by atoms with Gasteiger partial charge in [-0.1, -0.05) is 50.6 Å². The second-order valence-electron chi connectivity index (χ2n) is 11.3. The Bertz CT molecular complexity index is 1180. The van der Waals surface area contributed by atoms with Gasteiger partial charge in [0.25, 0.3) is 0 Å². The number of amides is 3. The normalized spacial score (nSPS) is 21.9. The molecule has 37 heavy (non-hydrogen) atoms. The lowest BCUT2D eigenvalue weighted by Crippen LogP contribution is -2.68. The number of hydrogen-bond donors (Lipinski definition) is 2. The molecule has 8 heteroatoms. The fourth-order valence-electron chi connectivity index (χ4n) is 5.49. The van der Waals surface area contributed by atoms with Gasteiger partial charge in [-0.15, -0.1) is 0 Å². The Hall–Kier alpha value is -3.29. The maximum Gasteiger partial charge on any atom is 0.247 e. The molecular formula is C29H35F2N3O3. The summed E-state index contributed by atoms with van der Waals surface area (Å²) in [4.78, 5) is 42.8. The molecule has 0 unspecified atom stereocenters. The van der Waals surface area contributed by atoms with Crippen molar-refractivity contribution in [3.63, 3.8) is 0 Å². The van der Waals surface area contributed by atoms with Gasteiger partial charge in [0, 0.05) is 17.2 Å². The topological polar surface area (TPSA) is 78.5 Å². The van der Waals surface area contributed by atoms with E-state index in [0.29, 0.717) is 25.3 Å². The summed E-state index contributed by atoms with van der Waals surface area (Å²) in [6.07, 6.45) is 1.78. The molecule has 4 atom stereocenters. The van der Waals surface area contributed by atoms with E-state index in [4.69, 9.17) is 0 Å². The first-order valence-electron chi connectivity index (χ1n) is 12.9. The first-order chi connectivity index (χ1) is 17.4. The Morgan fingerprint density at radius 2 is 1.73 bits per heavy atom. The fourth-order valence-corrected chi connectivity index (χ4v) is 5.49. The van der Waals surface area contributed by atoms with Gasteiger partial charge in [0.2, 0.25) is 17.7 Å². The molecule has 0 spiro atoms. The molecule has 4 rings (SSSR count). The predicted molar refractivity (Wildman–Crippen MR) is 136 cm³/mol. The molecule has 1 heterocycles. The lowest BCUT2D eigenvalue weighted by molar-refractivity contribution is -0.159. The minimum Gasteiger partial charge on any atom is -0.349 e. The molecule has 0 radical (unpaired) electrons. The summed E-state index contributed by atoms with van der Waals surface area (Å²) < 4.78 is 29.0. The number of rotatable bonds is 6. The monoisotopic (exact) mass is 511 g/mol. The Kier molecular flexibility index (Phi) is 7.40. The van der Waals surface area contributed by atoms with E-state index in [1.54, 1.807) is 20.8 Å². The summed E-state index contributed by atoms with van der Waals surface area (Å²) in [5, 5.41) is 5.78. The van der Waals surface area contributed by atoms with Crippen LogP contribution in [0.25, 0.3) is 0 Å². The Morgan fingerprint density at radius 3 is 2.27 bits per heavy atom. The zero-order chi connectivity index (χ0) is 27.1. The molecule has 2 aliphatic rings. The molecule has 6 nitrogen and oxygen atoms in total. The fraction of sp³-hybridized carbons (Fsp3) is 0.483. The van der Waals surface area contributed by atoms with Crippen LogP contribution in [-0.4, -0.2) is 40.2 Å². The van der Waals surface area contributed by atoms with E-state index in [2.05, 4.69) is 10.6 Å². The minimum absolute atomic E-state index is 0.145. The molecule has 198 valence electrons. The molecule has 2 aromatic rings. The van der Waals surface area contributed by atoms with Gasteiger partial charge in [-0.05, 0) is 62.6 Å². The van der Waals surface area contributed by atoms with Gasteiger partial charge in [0.15, 0.2) is 0 Å². The van der Waals surface area contributed by atoms with Crippen LogP contribution in [0.1, 0.15) is 63.8 Å². The number of piperazine rings is 1. The summed E-state index contributed by atoms with van der Waals surface area (Å²) >= 11 is 0. The highest BCUT2D eigenvalue weighted by molar-refractivity contribution is 6.00. The second kappa shape index (κ2) is 10.2. The third-order valence-electron chi connectivity index (χ3n) is 7.41. The maximum atomic E-state index is 15.2. The number of carbonyl (C=O) groups excluding carboxylic acids is 3. The molecular weight excluding hydrogens is 476 g/mol. The van der Waals surface area contributed by atoms with E-state index in [1.807, 2.05) is 38.1 Å². The van der Waals surface area contributed by atoms with Crippen molar-refractivity contribution in [3.8, 4) is 0 Å². The van der Waals surface area contributed by atoms with Gasteiger partial charge in [0.1, 0.15) is 29.8 Å². The molecule has 1 saturated heterocycles. The van der Waals surface area contributed by atoms with Crippen LogP contribution in [0.5, 0.6) is 0 Å². The summed E-state index contributed by atoms with van der Waals surface area (Å²) in [5.41, 5.74) is 1.41. The van der Waals surface area contributed by atoms with Gasteiger partial charge in [-0.3, -0.25) is 14.4 Å². The zero-order valence-corrected chi connectivity index (χ0v) is 22.0. The average molecular weight is 512 g/mol. The number of benzene rings is 2. The van der Waals surface area contributed by atoms with Crippen LogP contribution in [-0.2, 0) is 27.2 Å². The summed E-state index contributed by atoms with van der Waals surface area (Å²) in [7, 11) is 0. The number of fused-ring (bicyclic) bond motifs is 1. The van der Waals surface area contributed by atoms with E-state index in [0.717, 1.165) is 17.2 Å². The number of carbonyl (C=O) groups is 3. The van der Waals surface area contributed by atoms with Crippen molar-refractivity contribution in [1.29, 1.82) is 0 Å². The molecule has 1 aliphatic heterocycles. The van der Waals surface area contributed by atoms with Crippen molar-refractivity contribution in [2.75, 3.05) is 0 Å². The van der Waals surface area contributed by atoms with Gasteiger partial charge >= 0.3 is 0 Å². The van der Waals surface area contributed by atoms with E-state index >= 15 is 4.39 Å². The van der Waals surface area contributed by atoms with E-state index in [9.17, 15) is 18.8 Å². The van der Waals surface area contributed by atoms with Crippen molar-refractivity contribution in [2.24, 2.45) is 11.8 Å². The molecule has 1 aliphatic carbocycles. The highest BCUT2D eigenvalue weighted by atomic mass is 19.1. The van der Waals surface area contributed by atoms with Crippen LogP contribution in [0.3, 0.4) is 0 Å². The Balaban J connectivity index is 1.81. The first-order valence-corrected chi connectivity index (χ1v) is 12.9. The number of nitrogens with one attached hydrogen (secondary N) is 2. The van der Waals surface area contributed by atoms with E-state index in [1.165, 1.54) is 11.0 Å². The lowest BCUT2D eigenvalue weighted by atomic mass is 9.85. The average Bonchev–Trinajstić information content (AvgIpc) is 3.25. The standard InChI is InChI=1S/C29H35F2N3O3/c1-6-16(2)24-26(35)32-23(19-13-17-9-7-8-10-18(17)14-19)28(37)34(24)25(27(36)33-29(3,4)5)21-12-11-20(30)15-22(21)31/h7-12,15-16,19,23-25H,6,13-14H2,1-5H3,(H,32,35)(H,33,36)/t16-,23-,24-,25-/m1/s1. The van der Waals surface area contributed by atoms with Gasteiger partial charge in [-0.2, -0.15) is 0 Å². The van der Waals surface area contributed by atoms with Crippen LogP contribution in [0.4, 0.5) is 8.78 Å². The Labute approximate surface area is 216 Å². The number of halogens is 2. The molecule has 0 bridgehead atoms. The van der Waals surface area contributed by atoms with Gasteiger partial charge in [0.05, 0.1) is 0 Å². The summed E-state index contributed by atoms with van der Waals surface area (Å²) in [6.45, 7) is 9.05. The van der Waals surface area contributed by atoms with Gasteiger partial charge < -0.3 is 15.5 Å². The lowest BCUT2D eigenvalue weighted by Gasteiger charge is -2.46. The molecule has 1 fully saturated rings. The van der Waals surface area contributed by atoms with Crippen LogP contribution < -0.4 is 10.6 Å². The smallest absolute Gasteiger partial charge is 0.247 e. The number of hydrogen-bond acceptors (Lipinski definition) is 3. The van der Waals surface area contributed by atoms with Crippen molar-refractivity contribution in [2.45, 2.75) is 77.5 Å². The Morgan fingerprint density at radius 1 is 1.11 bits per heavy atom. The molecule has 0 saturated carbocycles. The van der Waals surface area contributed by atoms with Crippen molar-refractivity contribution in [1.82, 2.24) is 15.5 Å².